The molecule has 1 heterocycles. The van der Waals surface area contributed by atoms with Gasteiger partial charge in [0.25, 0.3) is 0 Å². The van der Waals surface area contributed by atoms with Crippen molar-refractivity contribution in [2.75, 3.05) is 13.1 Å². The molecule has 2 aliphatic rings. The highest BCUT2D eigenvalue weighted by molar-refractivity contribution is 5.66. The normalized spacial score (nSPS) is 39.6. The lowest BCUT2D eigenvalue weighted by molar-refractivity contribution is -0.147. The molecule has 3 atom stereocenters. The molecule has 3 heteroatoms. The zero-order valence-corrected chi connectivity index (χ0v) is 7.38. The van der Waals surface area contributed by atoms with Gasteiger partial charge in [-0.3, -0.25) is 4.79 Å². The summed E-state index contributed by atoms with van der Waals surface area (Å²) >= 11 is 0. The second-order valence-electron chi connectivity index (χ2n) is 3.81. The van der Waals surface area contributed by atoms with Crippen LogP contribution in [-0.4, -0.2) is 25.2 Å². The Labute approximate surface area is 72.5 Å². The summed E-state index contributed by atoms with van der Waals surface area (Å²) < 4.78 is 5.25. The van der Waals surface area contributed by atoms with Gasteiger partial charge in [-0.2, -0.15) is 0 Å². The summed E-state index contributed by atoms with van der Waals surface area (Å²) in [6, 6.07) is 0. The van der Waals surface area contributed by atoms with Crippen LogP contribution in [0.3, 0.4) is 0 Å². The Kier molecular flexibility index (Phi) is 2.05. The molecule has 1 saturated carbocycles. The smallest absolute Gasteiger partial charge is 0.302 e. The van der Waals surface area contributed by atoms with E-state index < -0.39 is 0 Å². The first-order chi connectivity index (χ1) is 5.77. The molecule has 0 amide bonds. The Bertz CT molecular complexity index is 193. The monoisotopic (exact) mass is 169 g/mol. The third-order valence-corrected chi connectivity index (χ3v) is 3.01. The Balaban J connectivity index is 1.95. The van der Waals surface area contributed by atoms with Crippen molar-refractivity contribution < 1.29 is 9.53 Å². The molecule has 1 saturated heterocycles. The number of hydrogen-bond acceptors (Lipinski definition) is 3. The van der Waals surface area contributed by atoms with Gasteiger partial charge in [0.05, 0.1) is 0 Å². The fourth-order valence-corrected chi connectivity index (χ4v) is 2.46. The zero-order chi connectivity index (χ0) is 8.55. The number of carbonyl (C=O) groups excluding carboxylic acids is 1. The number of rotatable bonds is 1. The van der Waals surface area contributed by atoms with Crippen LogP contribution >= 0.6 is 0 Å². The van der Waals surface area contributed by atoms with Gasteiger partial charge < -0.3 is 10.1 Å². The molecular formula is C9H15NO2. The van der Waals surface area contributed by atoms with Gasteiger partial charge in [-0.15, -0.1) is 0 Å². The van der Waals surface area contributed by atoms with Crippen LogP contribution in [0.5, 0.6) is 0 Å². The number of nitrogens with one attached hydrogen (secondary N) is 1. The lowest BCUT2D eigenvalue weighted by atomic mass is 9.99. The van der Waals surface area contributed by atoms with E-state index >= 15 is 0 Å². The number of esters is 1. The van der Waals surface area contributed by atoms with E-state index in [1.807, 2.05) is 0 Å². The summed E-state index contributed by atoms with van der Waals surface area (Å²) in [7, 11) is 0. The van der Waals surface area contributed by atoms with Crippen molar-refractivity contribution in [2.45, 2.75) is 25.9 Å². The summed E-state index contributed by atoms with van der Waals surface area (Å²) in [6.45, 7) is 3.64. The molecule has 0 spiro atoms. The molecule has 12 heavy (non-hydrogen) atoms. The maximum atomic E-state index is 10.7. The summed E-state index contributed by atoms with van der Waals surface area (Å²) in [5.74, 6) is 1.22. The van der Waals surface area contributed by atoms with Gasteiger partial charge in [0.2, 0.25) is 0 Å². The molecular weight excluding hydrogens is 154 g/mol. The van der Waals surface area contributed by atoms with Crippen molar-refractivity contribution in [2.24, 2.45) is 11.8 Å². The summed E-state index contributed by atoms with van der Waals surface area (Å²) in [4.78, 5) is 10.7. The number of fused-ring (bicyclic) bond motifs is 1. The molecule has 0 aromatic carbocycles. The Morgan fingerprint density at radius 2 is 2.25 bits per heavy atom. The minimum Gasteiger partial charge on any atom is -0.462 e. The van der Waals surface area contributed by atoms with Crippen LogP contribution in [0.4, 0.5) is 0 Å². The van der Waals surface area contributed by atoms with Gasteiger partial charge in [-0.05, 0) is 25.3 Å². The Morgan fingerprint density at radius 1 is 1.42 bits per heavy atom. The molecule has 0 radical (unpaired) electrons. The molecule has 2 fully saturated rings. The highest BCUT2D eigenvalue weighted by Gasteiger charge is 2.40. The van der Waals surface area contributed by atoms with Gasteiger partial charge in [-0.25, -0.2) is 0 Å². The third kappa shape index (κ3) is 1.33. The van der Waals surface area contributed by atoms with Gasteiger partial charge in [0.1, 0.15) is 6.10 Å². The molecule has 3 unspecified atom stereocenters. The summed E-state index contributed by atoms with van der Waals surface area (Å²) in [6.07, 6.45) is 2.48. The quantitative estimate of drug-likeness (QED) is 0.582. The number of hydrogen-bond donors (Lipinski definition) is 1. The van der Waals surface area contributed by atoms with Crippen LogP contribution in [-0.2, 0) is 9.53 Å². The lowest BCUT2D eigenvalue weighted by Gasteiger charge is -2.17. The van der Waals surface area contributed by atoms with Crippen molar-refractivity contribution in [3.8, 4) is 0 Å². The molecule has 68 valence electrons. The predicted molar refractivity (Wildman–Crippen MR) is 44.6 cm³/mol. The fraction of sp³-hybridized carbons (Fsp3) is 0.889. The van der Waals surface area contributed by atoms with E-state index in [-0.39, 0.29) is 12.1 Å². The van der Waals surface area contributed by atoms with Crippen LogP contribution in [0.15, 0.2) is 0 Å². The first kappa shape index (κ1) is 8.05. The topological polar surface area (TPSA) is 38.3 Å². The molecule has 0 aromatic rings. The maximum absolute atomic E-state index is 10.7. The predicted octanol–water partition coefficient (Wildman–Crippen LogP) is 0.547. The van der Waals surface area contributed by atoms with Gasteiger partial charge in [0.15, 0.2) is 0 Å². The van der Waals surface area contributed by atoms with E-state index in [1.165, 1.54) is 13.3 Å². The largest absolute Gasteiger partial charge is 0.462 e. The second-order valence-corrected chi connectivity index (χ2v) is 3.81. The van der Waals surface area contributed by atoms with E-state index in [2.05, 4.69) is 5.32 Å². The maximum Gasteiger partial charge on any atom is 0.302 e. The highest BCUT2D eigenvalue weighted by Crippen LogP contribution is 2.36. The average molecular weight is 169 g/mol. The SMILES string of the molecule is CC(=O)OC1CCC2CNCC21. The molecule has 2 rings (SSSR count). The van der Waals surface area contributed by atoms with Crippen LogP contribution in [0, 0.1) is 11.8 Å². The van der Waals surface area contributed by atoms with E-state index in [9.17, 15) is 4.79 Å². The minimum absolute atomic E-state index is 0.132. The molecule has 1 aliphatic heterocycles. The first-order valence-electron chi connectivity index (χ1n) is 4.65. The summed E-state index contributed by atoms with van der Waals surface area (Å²) in [5, 5.41) is 3.34. The molecule has 1 N–H and O–H groups in total. The molecule has 0 bridgehead atoms. The number of ether oxygens (including phenoxy) is 1. The third-order valence-electron chi connectivity index (χ3n) is 3.01. The van der Waals surface area contributed by atoms with Crippen molar-refractivity contribution in [3.05, 3.63) is 0 Å². The minimum atomic E-state index is -0.132. The molecule has 1 aliphatic carbocycles. The van der Waals surface area contributed by atoms with E-state index in [1.54, 1.807) is 0 Å². The lowest BCUT2D eigenvalue weighted by Crippen LogP contribution is -2.25. The highest BCUT2D eigenvalue weighted by atomic mass is 16.5. The fourth-order valence-electron chi connectivity index (χ4n) is 2.46. The van der Waals surface area contributed by atoms with Crippen LogP contribution in [0.2, 0.25) is 0 Å². The van der Waals surface area contributed by atoms with Crippen LogP contribution in [0.25, 0.3) is 0 Å². The van der Waals surface area contributed by atoms with E-state index in [4.69, 9.17) is 4.74 Å². The van der Waals surface area contributed by atoms with E-state index in [0.29, 0.717) is 5.92 Å². The second kappa shape index (κ2) is 3.05. The van der Waals surface area contributed by atoms with Gasteiger partial charge >= 0.3 is 5.97 Å². The van der Waals surface area contributed by atoms with Crippen molar-refractivity contribution in [1.29, 1.82) is 0 Å². The van der Waals surface area contributed by atoms with Crippen LogP contribution in [0.1, 0.15) is 19.8 Å². The zero-order valence-electron chi connectivity index (χ0n) is 7.38. The first-order valence-corrected chi connectivity index (χ1v) is 4.65. The summed E-state index contributed by atoms with van der Waals surface area (Å²) in [5.41, 5.74) is 0. The molecule has 3 nitrogen and oxygen atoms in total. The van der Waals surface area contributed by atoms with Crippen molar-refractivity contribution in [1.82, 2.24) is 5.32 Å². The standard InChI is InChI=1S/C9H15NO2/c1-6(11)12-9-3-2-7-4-10-5-8(7)9/h7-10H,2-5H2,1H3. The van der Waals surface area contributed by atoms with Crippen LogP contribution < -0.4 is 5.32 Å². The number of carbonyl (C=O) groups is 1. The van der Waals surface area contributed by atoms with E-state index in [0.717, 1.165) is 25.4 Å². The van der Waals surface area contributed by atoms with Gasteiger partial charge in [0, 0.05) is 19.4 Å². The average Bonchev–Trinajstić information content (AvgIpc) is 2.52. The Morgan fingerprint density at radius 3 is 3.00 bits per heavy atom. The van der Waals surface area contributed by atoms with Gasteiger partial charge in [-0.1, -0.05) is 0 Å². The molecule has 0 aromatic heterocycles. The van der Waals surface area contributed by atoms with Crippen molar-refractivity contribution in [3.63, 3.8) is 0 Å². The Hall–Kier alpha value is -0.570. The van der Waals surface area contributed by atoms with Crippen molar-refractivity contribution >= 4 is 5.97 Å².